The van der Waals surface area contributed by atoms with Crippen molar-refractivity contribution in [3.63, 3.8) is 0 Å². The van der Waals surface area contributed by atoms with E-state index in [2.05, 4.69) is 0 Å². The molecule has 1 atom stereocenters. The molecule has 17 heavy (non-hydrogen) atoms. The third kappa shape index (κ3) is 2.40. The molecule has 1 aliphatic rings. The first-order valence-electron chi connectivity index (χ1n) is 5.14. The van der Waals surface area contributed by atoms with Crippen LogP contribution in [-0.2, 0) is 10.0 Å². The molecule has 0 saturated heterocycles. The molecule has 0 radical (unpaired) electrons. The molecule has 1 unspecified atom stereocenters. The molecule has 1 aliphatic carbocycles. The third-order valence-electron chi connectivity index (χ3n) is 2.52. The first-order valence-corrected chi connectivity index (χ1v) is 6.69. The smallest absolute Gasteiger partial charge is 0.254 e. The first-order chi connectivity index (χ1) is 8.04. The third-order valence-corrected chi connectivity index (χ3v) is 3.86. The fourth-order valence-corrected chi connectivity index (χ4v) is 2.42. The van der Waals surface area contributed by atoms with Crippen molar-refractivity contribution in [2.45, 2.75) is 11.4 Å². The second kappa shape index (κ2) is 4.35. The van der Waals surface area contributed by atoms with Crippen LogP contribution in [-0.4, -0.2) is 13.4 Å². The van der Waals surface area contributed by atoms with Crippen LogP contribution < -0.4 is 9.88 Å². The quantitative estimate of drug-likeness (QED) is 0.886. The molecule has 0 amide bonds. The average Bonchev–Trinajstić information content (AvgIpc) is 2.30. The van der Waals surface area contributed by atoms with Gasteiger partial charge in [-0.1, -0.05) is 36.4 Å². The fraction of sp³-hybridized carbons (Fsp3) is 0.167. The van der Waals surface area contributed by atoms with Crippen molar-refractivity contribution < 1.29 is 13.2 Å². The Bertz CT molecular complexity index is 548. The molecule has 0 saturated carbocycles. The van der Waals surface area contributed by atoms with E-state index in [1.54, 1.807) is 42.5 Å². The molecule has 0 aliphatic heterocycles. The molecule has 1 aromatic carbocycles. The van der Waals surface area contributed by atoms with Gasteiger partial charge in [-0.15, -0.1) is 0 Å². The van der Waals surface area contributed by atoms with Gasteiger partial charge in [0.1, 0.15) is 5.75 Å². The van der Waals surface area contributed by atoms with Gasteiger partial charge in [-0.05, 0) is 18.2 Å². The maximum absolute atomic E-state index is 11.7. The van der Waals surface area contributed by atoms with Crippen molar-refractivity contribution >= 4 is 10.0 Å². The van der Waals surface area contributed by atoms with Gasteiger partial charge < -0.3 is 4.74 Å². The SMILES string of the molecule is NS(=O)(=O)C1(Oc2ccccc2)C=CC=CC1. The van der Waals surface area contributed by atoms with Gasteiger partial charge in [0.15, 0.2) is 0 Å². The van der Waals surface area contributed by atoms with E-state index in [1.165, 1.54) is 6.08 Å². The topological polar surface area (TPSA) is 69.4 Å². The highest BCUT2D eigenvalue weighted by molar-refractivity contribution is 7.90. The Morgan fingerprint density at radius 2 is 1.88 bits per heavy atom. The Balaban J connectivity index is 2.37. The Morgan fingerprint density at radius 3 is 2.41 bits per heavy atom. The number of allylic oxidation sites excluding steroid dienone is 2. The number of ether oxygens (including phenoxy) is 1. The summed E-state index contributed by atoms with van der Waals surface area (Å²) < 4.78 is 28.9. The van der Waals surface area contributed by atoms with Crippen LogP contribution in [0.15, 0.2) is 54.6 Å². The van der Waals surface area contributed by atoms with Gasteiger partial charge in [0.25, 0.3) is 10.0 Å². The molecule has 0 bridgehead atoms. The lowest BCUT2D eigenvalue weighted by Crippen LogP contribution is -2.47. The zero-order valence-electron chi connectivity index (χ0n) is 9.11. The van der Waals surface area contributed by atoms with E-state index < -0.39 is 15.0 Å². The van der Waals surface area contributed by atoms with Crippen LogP contribution in [0.3, 0.4) is 0 Å². The fourth-order valence-electron chi connectivity index (χ4n) is 1.61. The van der Waals surface area contributed by atoms with E-state index in [4.69, 9.17) is 9.88 Å². The number of primary sulfonamides is 1. The summed E-state index contributed by atoms with van der Waals surface area (Å²) in [6, 6.07) is 8.76. The average molecular weight is 251 g/mol. The maximum atomic E-state index is 11.7. The molecule has 90 valence electrons. The van der Waals surface area contributed by atoms with Crippen LogP contribution in [0.1, 0.15) is 6.42 Å². The standard InChI is InChI=1S/C12H13NO3S/c13-17(14,15)12(9-5-2-6-10-12)16-11-7-3-1-4-8-11/h1-9H,10H2,(H2,13,14,15). The summed E-state index contributed by atoms with van der Waals surface area (Å²) in [4.78, 5) is -1.50. The highest BCUT2D eigenvalue weighted by atomic mass is 32.2. The lowest BCUT2D eigenvalue weighted by atomic mass is 10.1. The predicted molar refractivity (Wildman–Crippen MR) is 65.8 cm³/mol. The van der Waals surface area contributed by atoms with Crippen molar-refractivity contribution in [2.24, 2.45) is 5.14 Å². The molecular weight excluding hydrogens is 238 g/mol. The van der Waals surface area contributed by atoms with Gasteiger partial charge in [-0.3, -0.25) is 0 Å². The van der Waals surface area contributed by atoms with Crippen LogP contribution in [0, 0.1) is 0 Å². The Kier molecular flexibility index (Phi) is 3.04. The minimum absolute atomic E-state index is 0.206. The van der Waals surface area contributed by atoms with E-state index in [0.29, 0.717) is 5.75 Å². The van der Waals surface area contributed by atoms with Gasteiger partial charge in [0.2, 0.25) is 4.93 Å². The molecule has 2 rings (SSSR count). The summed E-state index contributed by atoms with van der Waals surface area (Å²) in [6.07, 6.45) is 6.77. The van der Waals surface area contributed by atoms with Crippen molar-refractivity contribution in [3.05, 3.63) is 54.6 Å². The van der Waals surface area contributed by atoms with Crippen molar-refractivity contribution in [1.29, 1.82) is 0 Å². The Hall–Kier alpha value is -1.59. The molecule has 2 N–H and O–H groups in total. The number of benzene rings is 1. The van der Waals surface area contributed by atoms with E-state index in [0.717, 1.165) is 0 Å². The number of hydrogen-bond acceptors (Lipinski definition) is 3. The Morgan fingerprint density at radius 1 is 1.18 bits per heavy atom. The molecule has 0 heterocycles. The number of rotatable bonds is 3. The van der Waals surface area contributed by atoms with Gasteiger partial charge in [0.05, 0.1) is 0 Å². The first kappa shape index (κ1) is 11.9. The highest BCUT2D eigenvalue weighted by Crippen LogP contribution is 2.29. The van der Waals surface area contributed by atoms with E-state index in [9.17, 15) is 8.42 Å². The molecule has 4 nitrogen and oxygen atoms in total. The monoisotopic (exact) mass is 251 g/mol. The van der Waals surface area contributed by atoms with Gasteiger partial charge in [0, 0.05) is 6.42 Å². The number of nitrogens with two attached hydrogens (primary N) is 1. The minimum atomic E-state index is -3.85. The number of hydrogen-bond donors (Lipinski definition) is 1. The largest absolute Gasteiger partial charge is 0.466 e. The second-order valence-corrected chi connectivity index (χ2v) is 5.54. The van der Waals surface area contributed by atoms with Crippen LogP contribution >= 0.6 is 0 Å². The van der Waals surface area contributed by atoms with E-state index >= 15 is 0 Å². The van der Waals surface area contributed by atoms with Crippen LogP contribution in [0.5, 0.6) is 5.75 Å². The minimum Gasteiger partial charge on any atom is -0.466 e. The normalized spacial score (nSPS) is 23.6. The Labute approximate surface area is 100 Å². The second-order valence-electron chi connectivity index (χ2n) is 3.76. The van der Waals surface area contributed by atoms with Gasteiger partial charge >= 0.3 is 0 Å². The highest BCUT2D eigenvalue weighted by Gasteiger charge is 2.41. The van der Waals surface area contributed by atoms with Crippen molar-refractivity contribution in [2.75, 3.05) is 0 Å². The summed E-state index contributed by atoms with van der Waals surface area (Å²) in [6.45, 7) is 0. The number of para-hydroxylation sites is 1. The van der Waals surface area contributed by atoms with Crippen LogP contribution in [0.4, 0.5) is 0 Å². The summed E-state index contributed by atoms with van der Waals surface area (Å²) in [5.74, 6) is 0.474. The lowest BCUT2D eigenvalue weighted by molar-refractivity contribution is 0.203. The summed E-state index contributed by atoms with van der Waals surface area (Å²) in [7, 11) is -3.85. The summed E-state index contributed by atoms with van der Waals surface area (Å²) >= 11 is 0. The van der Waals surface area contributed by atoms with Crippen LogP contribution in [0.25, 0.3) is 0 Å². The molecule has 5 heteroatoms. The summed E-state index contributed by atoms with van der Waals surface area (Å²) in [5, 5.41) is 5.26. The van der Waals surface area contributed by atoms with E-state index in [1.807, 2.05) is 6.07 Å². The van der Waals surface area contributed by atoms with E-state index in [-0.39, 0.29) is 6.42 Å². The molecule has 0 fully saturated rings. The summed E-state index contributed by atoms with van der Waals surface area (Å²) in [5.41, 5.74) is 0. The van der Waals surface area contributed by atoms with Gasteiger partial charge in [-0.25, -0.2) is 13.6 Å². The lowest BCUT2D eigenvalue weighted by Gasteiger charge is -2.29. The van der Waals surface area contributed by atoms with Crippen molar-refractivity contribution in [1.82, 2.24) is 0 Å². The molecule has 0 spiro atoms. The van der Waals surface area contributed by atoms with Crippen molar-refractivity contribution in [3.8, 4) is 5.75 Å². The van der Waals surface area contributed by atoms with Gasteiger partial charge in [-0.2, -0.15) is 0 Å². The molecule has 0 aromatic heterocycles. The van der Waals surface area contributed by atoms with Crippen LogP contribution in [0.2, 0.25) is 0 Å². The number of sulfonamides is 1. The predicted octanol–water partition coefficient (Wildman–Crippen LogP) is 1.57. The zero-order valence-corrected chi connectivity index (χ0v) is 9.93. The maximum Gasteiger partial charge on any atom is 0.254 e. The molecular formula is C12H13NO3S. The molecule has 1 aromatic rings. The zero-order chi connectivity index (χ0) is 12.4.